The Morgan fingerprint density at radius 1 is 1.28 bits per heavy atom. The van der Waals surface area contributed by atoms with Gasteiger partial charge in [-0.05, 0) is 20.3 Å². The van der Waals surface area contributed by atoms with Gasteiger partial charge in [-0.25, -0.2) is 0 Å². The number of hydrogen-bond donors (Lipinski definition) is 3. The van der Waals surface area contributed by atoms with E-state index >= 15 is 0 Å². The topological polar surface area (TPSA) is 120 Å². The van der Waals surface area contributed by atoms with Crippen molar-refractivity contribution >= 4 is 29.6 Å². The average molecular weight is 270 g/mol. The van der Waals surface area contributed by atoms with Gasteiger partial charge in [-0.3, -0.25) is 4.79 Å². The minimum absolute atomic E-state index is 0.0549. The van der Waals surface area contributed by atoms with Gasteiger partial charge >= 0.3 is 0 Å². The highest BCUT2D eigenvalue weighted by molar-refractivity contribution is 7.99. The van der Waals surface area contributed by atoms with E-state index in [0.29, 0.717) is 5.16 Å². The number of hydrogen-bond acceptors (Lipinski definition) is 7. The largest absolute Gasteiger partial charge is 0.368 e. The quantitative estimate of drug-likeness (QED) is 0.664. The number of rotatable bonds is 5. The molecule has 5 N–H and O–H groups in total. The molecule has 100 valence electrons. The van der Waals surface area contributed by atoms with Crippen molar-refractivity contribution < 1.29 is 4.79 Å². The van der Waals surface area contributed by atoms with Crippen LogP contribution in [0.5, 0.6) is 0 Å². The first-order valence-corrected chi connectivity index (χ1v) is 6.52. The summed E-state index contributed by atoms with van der Waals surface area (Å²) in [6, 6.07) is 0. The second kappa shape index (κ2) is 5.85. The van der Waals surface area contributed by atoms with Gasteiger partial charge in [-0.1, -0.05) is 18.7 Å². The Hall–Kier alpha value is -1.57. The molecule has 0 aliphatic rings. The van der Waals surface area contributed by atoms with E-state index in [1.807, 2.05) is 20.8 Å². The number of nitrogens with one attached hydrogen (secondary N) is 1. The predicted molar refractivity (Wildman–Crippen MR) is 71.9 cm³/mol. The minimum Gasteiger partial charge on any atom is -0.368 e. The van der Waals surface area contributed by atoms with Crippen LogP contribution >= 0.6 is 11.8 Å². The monoisotopic (exact) mass is 270 g/mol. The molecule has 1 heterocycles. The molecule has 0 bridgehead atoms. The van der Waals surface area contributed by atoms with Gasteiger partial charge in [0.1, 0.15) is 0 Å². The molecule has 0 unspecified atom stereocenters. The van der Waals surface area contributed by atoms with Crippen LogP contribution in [0.2, 0.25) is 0 Å². The molecule has 0 saturated heterocycles. The molecule has 7 nitrogen and oxygen atoms in total. The molecule has 18 heavy (non-hydrogen) atoms. The minimum atomic E-state index is -0.213. The highest BCUT2D eigenvalue weighted by Gasteiger charge is 2.18. The molecular formula is C10H18N6OS. The number of carbonyl (C=O) groups excluding carboxylic acids is 1. The standard InChI is InChI=1S/C10H18N6OS/c1-4-10(2,3)16-6(17)5-18-9-14-7(11)13-8(12)15-9/h4-5H2,1-3H3,(H,16,17)(H4,11,12,13,14,15). The van der Waals surface area contributed by atoms with E-state index in [4.69, 9.17) is 11.5 Å². The summed E-state index contributed by atoms with van der Waals surface area (Å²) in [6.07, 6.45) is 0.856. The van der Waals surface area contributed by atoms with Crippen LogP contribution in [0.15, 0.2) is 5.16 Å². The third-order valence-corrected chi connectivity index (χ3v) is 3.19. The van der Waals surface area contributed by atoms with E-state index in [-0.39, 0.29) is 29.1 Å². The van der Waals surface area contributed by atoms with Gasteiger partial charge in [0, 0.05) is 5.54 Å². The fourth-order valence-electron chi connectivity index (χ4n) is 1.08. The zero-order valence-corrected chi connectivity index (χ0v) is 11.5. The van der Waals surface area contributed by atoms with Crippen molar-refractivity contribution in [1.29, 1.82) is 0 Å². The van der Waals surface area contributed by atoms with Crippen LogP contribution in [0.1, 0.15) is 27.2 Å². The maximum atomic E-state index is 11.7. The summed E-state index contributed by atoms with van der Waals surface area (Å²) >= 11 is 1.17. The second-order valence-corrected chi connectivity index (χ2v) is 5.35. The number of nitrogens with two attached hydrogens (primary N) is 2. The summed E-state index contributed by atoms with van der Waals surface area (Å²) in [5, 5.41) is 3.26. The van der Waals surface area contributed by atoms with Gasteiger partial charge in [-0.2, -0.15) is 15.0 Å². The number of thioether (sulfide) groups is 1. The van der Waals surface area contributed by atoms with Crippen molar-refractivity contribution in [2.24, 2.45) is 0 Å². The predicted octanol–water partition coefficient (Wildman–Crippen LogP) is 0.433. The molecule has 0 fully saturated rings. The van der Waals surface area contributed by atoms with Crippen LogP contribution in [-0.2, 0) is 4.79 Å². The van der Waals surface area contributed by atoms with Gasteiger partial charge in [-0.15, -0.1) is 0 Å². The van der Waals surface area contributed by atoms with Gasteiger partial charge in [0.05, 0.1) is 5.75 Å². The van der Waals surface area contributed by atoms with E-state index in [2.05, 4.69) is 20.3 Å². The fraction of sp³-hybridized carbons (Fsp3) is 0.600. The van der Waals surface area contributed by atoms with Crippen LogP contribution in [-0.4, -0.2) is 32.2 Å². The fourth-order valence-corrected chi connectivity index (χ4v) is 1.73. The number of amides is 1. The number of aromatic nitrogens is 3. The highest BCUT2D eigenvalue weighted by atomic mass is 32.2. The Labute approximate surface area is 110 Å². The molecule has 1 amide bonds. The first kappa shape index (κ1) is 14.5. The highest BCUT2D eigenvalue weighted by Crippen LogP contribution is 2.15. The molecule has 0 aliphatic carbocycles. The normalized spacial score (nSPS) is 11.3. The van der Waals surface area contributed by atoms with E-state index in [9.17, 15) is 4.79 Å². The molecule has 0 saturated carbocycles. The summed E-state index contributed by atoms with van der Waals surface area (Å²) in [7, 11) is 0. The van der Waals surface area contributed by atoms with Crippen molar-refractivity contribution in [2.45, 2.75) is 37.9 Å². The Balaban J connectivity index is 2.52. The van der Waals surface area contributed by atoms with E-state index in [1.54, 1.807) is 0 Å². The van der Waals surface area contributed by atoms with Gasteiger partial charge in [0.2, 0.25) is 17.8 Å². The Morgan fingerprint density at radius 2 is 1.83 bits per heavy atom. The lowest BCUT2D eigenvalue weighted by Gasteiger charge is -2.24. The van der Waals surface area contributed by atoms with Crippen LogP contribution < -0.4 is 16.8 Å². The lowest BCUT2D eigenvalue weighted by molar-refractivity contribution is -0.120. The lowest BCUT2D eigenvalue weighted by Crippen LogP contribution is -2.43. The maximum Gasteiger partial charge on any atom is 0.230 e. The van der Waals surface area contributed by atoms with Crippen molar-refractivity contribution in [3.63, 3.8) is 0 Å². The van der Waals surface area contributed by atoms with Crippen LogP contribution in [0, 0.1) is 0 Å². The molecular weight excluding hydrogens is 252 g/mol. The average Bonchev–Trinajstić information content (AvgIpc) is 2.24. The molecule has 0 radical (unpaired) electrons. The molecule has 0 atom stereocenters. The third-order valence-electron chi connectivity index (χ3n) is 2.34. The SMILES string of the molecule is CCC(C)(C)NC(=O)CSc1nc(N)nc(N)n1. The van der Waals surface area contributed by atoms with E-state index in [0.717, 1.165) is 6.42 Å². The van der Waals surface area contributed by atoms with E-state index in [1.165, 1.54) is 11.8 Å². The summed E-state index contributed by atoms with van der Waals surface area (Å²) < 4.78 is 0. The molecule has 8 heteroatoms. The van der Waals surface area contributed by atoms with Crippen molar-refractivity contribution in [3.05, 3.63) is 0 Å². The zero-order valence-electron chi connectivity index (χ0n) is 10.7. The summed E-state index contributed by atoms with van der Waals surface area (Å²) in [4.78, 5) is 23.1. The molecule has 0 aromatic carbocycles. The maximum absolute atomic E-state index is 11.7. The van der Waals surface area contributed by atoms with E-state index < -0.39 is 0 Å². The summed E-state index contributed by atoms with van der Waals surface area (Å²) in [5.41, 5.74) is 10.7. The Kier molecular flexibility index (Phi) is 4.71. The van der Waals surface area contributed by atoms with Crippen LogP contribution in [0.4, 0.5) is 11.9 Å². The Morgan fingerprint density at radius 3 is 2.33 bits per heavy atom. The molecule has 1 rings (SSSR count). The third kappa shape index (κ3) is 4.74. The molecule has 0 spiro atoms. The van der Waals surface area contributed by atoms with Crippen molar-refractivity contribution in [3.8, 4) is 0 Å². The molecule has 1 aromatic heterocycles. The number of nitrogen functional groups attached to an aromatic ring is 2. The first-order chi connectivity index (χ1) is 8.32. The zero-order chi connectivity index (χ0) is 13.8. The number of nitrogens with zero attached hydrogens (tertiary/aromatic N) is 3. The van der Waals surface area contributed by atoms with Crippen molar-refractivity contribution in [1.82, 2.24) is 20.3 Å². The van der Waals surface area contributed by atoms with Crippen LogP contribution in [0.3, 0.4) is 0 Å². The molecule has 1 aromatic rings. The lowest BCUT2D eigenvalue weighted by atomic mass is 10.0. The van der Waals surface area contributed by atoms with Crippen molar-refractivity contribution in [2.75, 3.05) is 17.2 Å². The number of carbonyl (C=O) groups is 1. The smallest absolute Gasteiger partial charge is 0.230 e. The Bertz CT molecular complexity index is 416. The van der Waals surface area contributed by atoms with Gasteiger partial charge < -0.3 is 16.8 Å². The second-order valence-electron chi connectivity index (χ2n) is 4.41. The summed E-state index contributed by atoms with van der Waals surface area (Å²) in [6.45, 7) is 5.95. The van der Waals surface area contributed by atoms with Gasteiger partial charge in [0.25, 0.3) is 0 Å². The van der Waals surface area contributed by atoms with Gasteiger partial charge in [0.15, 0.2) is 5.16 Å². The number of anilines is 2. The van der Waals surface area contributed by atoms with Crippen LogP contribution in [0.25, 0.3) is 0 Å². The summed E-state index contributed by atoms with van der Waals surface area (Å²) in [5.74, 6) is 0.245. The molecule has 0 aliphatic heterocycles. The first-order valence-electron chi connectivity index (χ1n) is 5.53.